The second kappa shape index (κ2) is 5.00. The summed E-state index contributed by atoms with van der Waals surface area (Å²) < 4.78 is 1.63. The second-order valence-corrected chi connectivity index (χ2v) is 5.50. The molecule has 1 unspecified atom stereocenters. The van der Waals surface area contributed by atoms with Gasteiger partial charge >= 0.3 is 0 Å². The number of anilines is 2. The van der Waals surface area contributed by atoms with E-state index in [1.165, 1.54) is 0 Å². The molecule has 1 aromatic carbocycles. The zero-order chi connectivity index (χ0) is 14.3. The molecule has 0 aliphatic carbocycles. The molecule has 2 heterocycles. The SMILES string of the molecule is CC1Nc2nc(N)nn2C=C1Cc1c(Cl)cccc1Cl. The summed E-state index contributed by atoms with van der Waals surface area (Å²) in [5, 5.41) is 8.67. The zero-order valence-electron chi connectivity index (χ0n) is 10.8. The number of rotatable bonds is 2. The van der Waals surface area contributed by atoms with Gasteiger partial charge in [-0.25, -0.2) is 4.68 Å². The maximum absolute atomic E-state index is 6.21. The molecule has 0 amide bonds. The molecular weight excluding hydrogens is 297 g/mol. The van der Waals surface area contributed by atoms with E-state index in [2.05, 4.69) is 15.4 Å². The van der Waals surface area contributed by atoms with Crippen molar-refractivity contribution in [3.05, 3.63) is 39.4 Å². The van der Waals surface area contributed by atoms with Crippen molar-refractivity contribution < 1.29 is 0 Å². The van der Waals surface area contributed by atoms with Crippen molar-refractivity contribution in [1.29, 1.82) is 0 Å². The summed E-state index contributed by atoms with van der Waals surface area (Å²) in [6.07, 6.45) is 2.56. The Labute approximate surface area is 126 Å². The lowest BCUT2D eigenvalue weighted by molar-refractivity contribution is 0.797. The van der Waals surface area contributed by atoms with Crippen LogP contribution in [0.25, 0.3) is 6.20 Å². The molecule has 0 radical (unpaired) electrons. The van der Waals surface area contributed by atoms with Crippen LogP contribution in [-0.2, 0) is 6.42 Å². The van der Waals surface area contributed by atoms with E-state index in [0.717, 1.165) is 11.1 Å². The Balaban J connectivity index is 1.96. The van der Waals surface area contributed by atoms with Gasteiger partial charge in [-0.05, 0) is 30.2 Å². The molecule has 0 bridgehead atoms. The van der Waals surface area contributed by atoms with Crippen LogP contribution in [0.3, 0.4) is 0 Å². The Kier molecular flexibility index (Phi) is 3.31. The minimum Gasteiger partial charge on any atom is -0.366 e. The van der Waals surface area contributed by atoms with Crippen molar-refractivity contribution in [2.24, 2.45) is 0 Å². The van der Waals surface area contributed by atoms with Crippen LogP contribution in [-0.4, -0.2) is 20.8 Å². The molecule has 2 aromatic rings. The molecule has 0 saturated carbocycles. The van der Waals surface area contributed by atoms with Gasteiger partial charge in [0.15, 0.2) is 0 Å². The van der Waals surface area contributed by atoms with Gasteiger partial charge in [-0.15, -0.1) is 5.10 Å². The average molecular weight is 310 g/mol. The number of aromatic nitrogens is 3. The van der Waals surface area contributed by atoms with Gasteiger partial charge in [-0.1, -0.05) is 29.3 Å². The number of hydrogen-bond acceptors (Lipinski definition) is 4. The summed E-state index contributed by atoms with van der Waals surface area (Å²) in [5.74, 6) is 0.886. The summed E-state index contributed by atoms with van der Waals surface area (Å²) in [5.41, 5.74) is 7.61. The van der Waals surface area contributed by atoms with Crippen LogP contribution in [0.4, 0.5) is 11.9 Å². The van der Waals surface area contributed by atoms with Crippen LogP contribution >= 0.6 is 23.2 Å². The fourth-order valence-electron chi connectivity index (χ4n) is 2.19. The van der Waals surface area contributed by atoms with Crippen molar-refractivity contribution in [2.45, 2.75) is 19.4 Å². The van der Waals surface area contributed by atoms with E-state index >= 15 is 0 Å². The topological polar surface area (TPSA) is 68.8 Å². The van der Waals surface area contributed by atoms with Crippen LogP contribution in [0.5, 0.6) is 0 Å². The molecule has 3 N–H and O–H groups in total. The number of hydrogen-bond donors (Lipinski definition) is 2. The van der Waals surface area contributed by atoms with E-state index < -0.39 is 0 Å². The van der Waals surface area contributed by atoms with Crippen LogP contribution in [0, 0.1) is 0 Å². The van der Waals surface area contributed by atoms with Gasteiger partial charge in [0.1, 0.15) is 0 Å². The van der Waals surface area contributed by atoms with E-state index in [4.69, 9.17) is 28.9 Å². The first-order valence-corrected chi connectivity index (χ1v) is 6.92. The van der Waals surface area contributed by atoms with Gasteiger partial charge in [0.25, 0.3) is 0 Å². The Morgan fingerprint density at radius 3 is 2.75 bits per heavy atom. The first-order valence-electron chi connectivity index (χ1n) is 6.16. The number of nitrogen functional groups attached to an aromatic ring is 1. The first-order chi connectivity index (χ1) is 9.54. The molecule has 0 spiro atoms. The largest absolute Gasteiger partial charge is 0.366 e. The van der Waals surface area contributed by atoms with Gasteiger partial charge in [0.2, 0.25) is 11.9 Å². The predicted molar refractivity (Wildman–Crippen MR) is 82.0 cm³/mol. The average Bonchev–Trinajstić information content (AvgIpc) is 2.73. The molecule has 1 atom stereocenters. The predicted octanol–water partition coefficient (Wildman–Crippen LogP) is 3.06. The number of nitrogens with one attached hydrogen (secondary N) is 1. The summed E-state index contributed by atoms with van der Waals surface area (Å²) >= 11 is 12.4. The first kappa shape index (κ1) is 13.3. The van der Waals surface area contributed by atoms with Crippen molar-refractivity contribution in [3.8, 4) is 0 Å². The minimum atomic E-state index is 0.110. The molecule has 1 aliphatic rings. The summed E-state index contributed by atoms with van der Waals surface area (Å²) in [7, 11) is 0. The Hall–Kier alpha value is -1.72. The van der Waals surface area contributed by atoms with Crippen LogP contribution in [0.15, 0.2) is 23.8 Å². The molecule has 104 valence electrons. The van der Waals surface area contributed by atoms with Crippen LogP contribution in [0.2, 0.25) is 10.0 Å². The Bertz CT molecular complexity index is 672. The van der Waals surface area contributed by atoms with Crippen molar-refractivity contribution >= 4 is 41.3 Å². The Morgan fingerprint density at radius 1 is 1.35 bits per heavy atom. The molecular formula is C13H13Cl2N5. The minimum absolute atomic E-state index is 0.110. The highest BCUT2D eigenvalue weighted by Gasteiger charge is 2.21. The van der Waals surface area contributed by atoms with Gasteiger partial charge < -0.3 is 11.1 Å². The number of nitrogens with zero attached hydrogens (tertiary/aromatic N) is 3. The van der Waals surface area contributed by atoms with E-state index in [1.54, 1.807) is 4.68 Å². The maximum atomic E-state index is 6.21. The molecule has 1 aliphatic heterocycles. The number of fused-ring (bicyclic) bond motifs is 1. The lowest BCUT2D eigenvalue weighted by Gasteiger charge is -2.23. The number of nitrogens with two attached hydrogens (primary N) is 1. The Morgan fingerprint density at radius 2 is 2.05 bits per heavy atom. The molecule has 7 heteroatoms. The fourth-order valence-corrected chi connectivity index (χ4v) is 2.72. The molecule has 0 saturated heterocycles. The lowest BCUT2D eigenvalue weighted by atomic mass is 9.99. The number of halogens is 2. The van der Waals surface area contributed by atoms with Crippen molar-refractivity contribution in [3.63, 3.8) is 0 Å². The zero-order valence-corrected chi connectivity index (χ0v) is 12.3. The molecule has 3 rings (SSSR count). The fraction of sp³-hybridized carbons (Fsp3) is 0.231. The highest BCUT2D eigenvalue weighted by molar-refractivity contribution is 6.36. The van der Waals surface area contributed by atoms with E-state index in [1.807, 2.05) is 31.3 Å². The third kappa shape index (κ3) is 2.34. The van der Waals surface area contributed by atoms with E-state index in [-0.39, 0.29) is 12.0 Å². The second-order valence-electron chi connectivity index (χ2n) is 4.69. The quantitative estimate of drug-likeness (QED) is 0.894. The maximum Gasteiger partial charge on any atom is 0.241 e. The third-order valence-electron chi connectivity index (χ3n) is 3.28. The summed E-state index contributed by atoms with van der Waals surface area (Å²) in [6, 6.07) is 5.62. The van der Waals surface area contributed by atoms with Gasteiger partial charge in [0, 0.05) is 28.7 Å². The number of benzene rings is 1. The van der Waals surface area contributed by atoms with Crippen LogP contribution < -0.4 is 11.1 Å². The van der Waals surface area contributed by atoms with Crippen molar-refractivity contribution in [2.75, 3.05) is 11.1 Å². The van der Waals surface area contributed by atoms with Crippen LogP contribution in [0.1, 0.15) is 12.5 Å². The smallest absolute Gasteiger partial charge is 0.241 e. The lowest BCUT2D eigenvalue weighted by Crippen LogP contribution is -2.26. The van der Waals surface area contributed by atoms with Gasteiger partial charge in [0.05, 0.1) is 0 Å². The summed E-state index contributed by atoms with van der Waals surface area (Å²) in [6.45, 7) is 2.05. The molecule has 5 nitrogen and oxygen atoms in total. The standard InChI is InChI=1S/C13H13Cl2N5/c1-7-8(5-9-10(14)3-2-4-11(9)15)6-20-13(17-7)18-12(16)19-20/h2-4,6-7H,5H2,1H3,(H3,16,17,18,19). The van der Waals surface area contributed by atoms with E-state index in [9.17, 15) is 0 Å². The van der Waals surface area contributed by atoms with Gasteiger partial charge in [-0.3, -0.25) is 0 Å². The normalized spacial score (nSPS) is 17.4. The molecule has 20 heavy (non-hydrogen) atoms. The third-order valence-corrected chi connectivity index (χ3v) is 3.99. The highest BCUT2D eigenvalue weighted by atomic mass is 35.5. The summed E-state index contributed by atoms with van der Waals surface area (Å²) in [4.78, 5) is 4.10. The molecule has 0 fully saturated rings. The van der Waals surface area contributed by atoms with Gasteiger partial charge in [-0.2, -0.15) is 4.98 Å². The van der Waals surface area contributed by atoms with Crippen molar-refractivity contribution in [1.82, 2.24) is 14.8 Å². The monoisotopic (exact) mass is 309 g/mol. The highest BCUT2D eigenvalue weighted by Crippen LogP contribution is 2.30. The van der Waals surface area contributed by atoms with E-state index in [0.29, 0.717) is 22.4 Å². The molecule has 1 aromatic heterocycles.